The van der Waals surface area contributed by atoms with E-state index in [4.69, 9.17) is 29.6 Å². The van der Waals surface area contributed by atoms with Gasteiger partial charge in [0, 0.05) is 56.5 Å². The Morgan fingerprint density at radius 3 is 2.05 bits per heavy atom. The second kappa shape index (κ2) is 15.3. The molecule has 38 heavy (non-hydrogen) atoms. The molecule has 9 nitrogen and oxygen atoms in total. The van der Waals surface area contributed by atoms with Gasteiger partial charge in [0.2, 0.25) is 0 Å². The van der Waals surface area contributed by atoms with Gasteiger partial charge in [0.1, 0.15) is 0 Å². The fourth-order valence-corrected chi connectivity index (χ4v) is 4.22. The van der Waals surface area contributed by atoms with E-state index in [0.29, 0.717) is 5.92 Å². The molecule has 220 valence electrons. The molecule has 1 atom stereocenters. The normalized spacial score (nSPS) is 18.3. The first-order valence-corrected chi connectivity index (χ1v) is 12.2. The van der Waals surface area contributed by atoms with Crippen LogP contribution in [0, 0.1) is 5.92 Å². The minimum absolute atomic E-state index is 0.458. The molecule has 0 bridgehead atoms. The number of likely N-dealkylation sites (N-methyl/N-ethyl adjacent to an activating group) is 1. The van der Waals surface area contributed by atoms with Crippen molar-refractivity contribution in [2.45, 2.75) is 64.0 Å². The maximum atomic E-state index is 10.6. The first-order valence-electron chi connectivity index (χ1n) is 12.2. The standard InChI is InChI=1S/C19H34N4O.2C2HF3O2/c1-4-24-15-18-14-22(10-9-21(2)3)13-17-11-20-23(19(17)18)12-16-7-5-6-8-16;2*3-2(4,5)1(6)7/h11,16,18H,4-10,12-15H2,1-3H3;2*(H,6,7). The molecule has 1 aliphatic carbocycles. The molecule has 2 heterocycles. The molecular formula is C23H36F6N4O5. The molecule has 0 spiro atoms. The van der Waals surface area contributed by atoms with Crippen LogP contribution in [0.25, 0.3) is 0 Å². The van der Waals surface area contributed by atoms with Crippen LogP contribution >= 0.6 is 0 Å². The van der Waals surface area contributed by atoms with Crippen molar-refractivity contribution in [2.75, 3.05) is 46.9 Å². The molecule has 0 aromatic carbocycles. The summed E-state index contributed by atoms with van der Waals surface area (Å²) >= 11 is 0. The van der Waals surface area contributed by atoms with E-state index < -0.39 is 24.3 Å². The van der Waals surface area contributed by atoms with Crippen LogP contribution in [0.1, 0.15) is 49.8 Å². The molecule has 2 N–H and O–H groups in total. The predicted octanol–water partition coefficient (Wildman–Crippen LogP) is 3.84. The van der Waals surface area contributed by atoms with E-state index in [0.717, 1.165) is 51.9 Å². The van der Waals surface area contributed by atoms with E-state index in [9.17, 15) is 26.3 Å². The molecule has 1 aromatic rings. The minimum Gasteiger partial charge on any atom is -0.475 e. The van der Waals surface area contributed by atoms with E-state index in [1.807, 2.05) is 0 Å². The number of alkyl halides is 6. The molecule has 1 unspecified atom stereocenters. The monoisotopic (exact) mass is 562 g/mol. The summed E-state index contributed by atoms with van der Waals surface area (Å²) in [6, 6.07) is 0. The van der Waals surface area contributed by atoms with E-state index >= 15 is 0 Å². The largest absolute Gasteiger partial charge is 0.490 e. The first-order chi connectivity index (χ1) is 17.6. The average molecular weight is 563 g/mol. The van der Waals surface area contributed by atoms with Crippen molar-refractivity contribution in [1.82, 2.24) is 19.6 Å². The number of nitrogens with zero attached hydrogens (tertiary/aromatic N) is 4. The zero-order valence-corrected chi connectivity index (χ0v) is 21.7. The van der Waals surface area contributed by atoms with Crippen LogP contribution in [0.5, 0.6) is 0 Å². The summed E-state index contributed by atoms with van der Waals surface area (Å²) in [6.07, 6.45) is -2.51. The SMILES string of the molecule is CCOCC1CN(CCN(C)C)Cc2cnn(CC3CCCC3)c21.O=C(O)C(F)(F)F.O=C(O)C(F)(F)F. The van der Waals surface area contributed by atoms with Crippen LogP contribution in [-0.2, 0) is 27.4 Å². The number of rotatable bonds is 8. The number of aromatic nitrogens is 2. The third-order valence-electron chi connectivity index (χ3n) is 6.00. The third-order valence-corrected chi connectivity index (χ3v) is 6.00. The predicted molar refractivity (Wildman–Crippen MR) is 125 cm³/mol. The molecule has 0 radical (unpaired) electrons. The zero-order chi connectivity index (χ0) is 29.1. The second-order valence-electron chi connectivity index (χ2n) is 9.39. The van der Waals surface area contributed by atoms with Crippen molar-refractivity contribution in [3.8, 4) is 0 Å². The molecular weight excluding hydrogens is 526 g/mol. The van der Waals surface area contributed by atoms with Crippen LogP contribution in [0.15, 0.2) is 6.20 Å². The van der Waals surface area contributed by atoms with Gasteiger partial charge in [-0.25, -0.2) is 9.59 Å². The number of aliphatic carboxylic acids is 2. The minimum atomic E-state index is -5.08. The van der Waals surface area contributed by atoms with Crippen molar-refractivity contribution in [2.24, 2.45) is 5.92 Å². The number of halogens is 6. The number of fused-ring (bicyclic) bond motifs is 1. The highest BCUT2D eigenvalue weighted by atomic mass is 19.4. The lowest BCUT2D eigenvalue weighted by Crippen LogP contribution is -2.39. The first kappa shape index (κ1) is 33.6. The van der Waals surface area contributed by atoms with Crippen molar-refractivity contribution < 1.29 is 50.9 Å². The number of ether oxygens (including phenoxy) is 1. The van der Waals surface area contributed by atoms with Gasteiger partial charge in [-0.15, -0.1) is 0 Å². The Bertz CT molecular complexity index is 845. The summed E-state index contributed by atoms with van der Waals surface area (Å²) in [5, 5.41) is 19.0. The number of hydrogen-bond donors (Lipinski definition) is 2. The van der Waals surface area contributed by atoms with Gasteiger partial charge in [0.15, 0.2) is 0 Å². The third kappa shape index (κ3) is 12.0. The van der Waals surface area contributed by atoms with Crippen molar-refractivity contribution in [3.63, 3.8) is 0 Å². The summed E-state index contributed by atoms with van der Waals surface area (Å²) in [4.78, 5) is 22.6. The lowest BCUT2D eigenvalue weighted by atomic mass is 9.96. The van der Waals surface area contributed by atoms with Gasteiger partial charge < -0.3 is 19.8 Å². The maximum absolute atomic E-state index is 10.6. The highest BCUT2D eigenvalue weighted by Gasteiger charge is 2.39. The molecule has 2 aliphatic rings. The molecule has 15 heteroatoms. The summed E-state index contributed by atoms with van der Waals surface area (Å²) in [5.74, 6) is -4.23. The summed E-state index contributed by atoms with van der Waals surface area (Å²) < 4.78 is 71.6. The smallest absolute Gasteiger partial charge is 0.475 e. The van der Waals surface area contributed by atoms with Crippen LogP contribution in [0.4, 0.5) is 26.3 Å². The Hall–Kier alpha value is -2.39. The number of hydrogen-bond acceptors (Lipinski definition) is 6. The lowest BCUT2D eigenvalue weighted by Gasteiger charge is -2.34. The van der Waals surface area contributed by atoms with Gasteiger partial charge in [0.05, 0.1) is 12.8 Å². The fourth-order valence-electron chi connectivity index (χ4n) is 4.22. The van der Waals surface area contributed by atoms with Crippen LogP contribution in [-0.4, -0.2) is 101 Å². The van der Waals surface area contributed by atoms with Gasteiger partial charge in [-0.05, 0) is 39.8 Å². The van der Waals surface area contributed by atoms with E-state index in [1.54, 1.807) is 0 Å². The Kier molecular flexibility index (Phi) is 13.5. The summed E-state index contributed by atoms with van der Waals surface area (Å²) in [6.45, 7) is 9.15. The summed E-state index contributed by atoms with van der Waals surface area (Å²) in [7, 11) is 4.29. The van der Waals surface area contributed by atoms with E-state index in [-0.39, 0.29) is 0 Å². The maximum Gasteiger partial charge on any atom is 0.490 e. The van der Waals surface area contributed by atoms with Gasteiger partial charge in [-0.2, -0.15) is 31.4 Å². The van der Waals surface area contributed by atoms with Gasteiger partial charge in [-0.1, -0.05) is 12.8 Å². The molecule has 1 aliphatic heterocycles. The molecule has 1 fully saturated rings. The van der Waals surface area contributed by atoms with E-state index in [1.165, 1.54) is 36.9 Å². The van der Waals surface area contributed by atoms with E-state index in [2.05, 4.69) is 41.7 Å². The number of carbonyl (C=O) groups is 2. The fraction of sp³-hybridized carbons (Fsp3) is 0.783. The van der Waals surface area contributed by atoms with Crippen LogP contribution in [0.3, 0.4) is 0 Å². The second-order valence-corrected chi connectivity index (χ2v) is 9.39. The number of carboxylic acids is 2. The highest BCUT2D eigenvalue weighted by Crippen LogP contribution is 2.32. The zero-order valence-electron chi connectivity index (χ0n) is 21.7. The van der Waals surface area contributed by atoms with Crippen LogP contribution < -0.4 is 0 Å². The van der Waals surface area contributed by atoms with Crippen LogP contribution in [0.2, 0.25) is 0 Å². The van der Waals surface area contributed by atoms with Gasteiger partial charge in [0.25, 0.3) is 0 Å². The molecule has 3 rings (SSSR count). The van der Waals surface area contributed by atoms with Crippen molar-refractivity contribution >= 4 is 11.9 Å². The average Bonchev–Trinajstić information content (AvgIpc) is 3.46. The Balaban J connectivity index is 0.000000426. The Morgan fingerprint density at radius 1 is 1.08 bits per heavy atom. The van der Waals surface area contributed by atoms with Crippen molar-refractivity contribution in [3.05, 3.63) is 17.5 Å². The highest BCUT2D eigenvalue weighted by molar-refractivity contribution is 5.73. The molecule has 1 saturated carbocycles. The lowest BCUT2D eigenvalue weighted by molar-refractivity contribution is -0.193. The Morgan fingerprint density at radius 2 is 1.61 bits per heavy atom. The Labute approximate surface area is 217 Å². The van der Waals surface area contributed by atoms with Gasteiger partial charge >= 0.3 is 24.3 Å². The topological polar surface area (TPSA) is 108 Å². The molecule has 0 saturated heterocycles. The quantitative estimate of drug-likeness (QED) is 0.461. The van der Waals surface area contributed by atoms with Gasteiger partial charge in [-0.3, -0.25) is 9.58 Å². The molecule has 1 aromatic heterocycles. The van der Waals surface area contributed by atoms with Crippen molar-refractivity contribution in [1.29, 1.82) is 0 Å². The molecule has 0 amide bonds. The summed E-state index contributed by atoms with van der Waals surface area (Å²) in [5.41, 5.74) is 2.87. The number of carboxylic acid groups (broad SMARTS) is 2.